The third kappa shape index (κ3) is 1.98. The van der Waals surface area contributed by atoms with Crippen molar-refractivity contribution in [3.63, 3.8) is 0 Å². The highest BCUT2D eigenvalue weighted by Crippen LogP contribution is 2.51. The lowest BCUT2D eigenvalue weighted by Gasteiger charge is -2.38. The average Bonchev–Trinajstić information content (AvgIpc) is 2.95. The molecule has 0 saturated heterocycles. The van der Waals surface area contributed by atoms with Crippen molar-refractivity contribution in [2.75, 3.05) is 5.32 Å². The number of aryl methyl sites for hydroxylation is 2. The minimum atomic E-state index is -0.113. The Hall–Kier alpha value is -2.09. The Morgan fingerprint density at radius 2 is 1.95 bits per heavy atom. The molecule has 0 spiro atoms. The number of anilines is 1. The van der Waals surface area contributed by atoms with Crippen LogP contribution in [0.5, 0.6) is 0 Å². The lowest BCUT2D eigenvalue weighted by Crippen LogP contribution is -2.30. The van der Waals surface area contributed by atoms with Gasteiger partial charge in [-0.15, -0.1) is 0 Å². The molecule has 4 rings (SSSR count). The highest BCUT2D eigenvalue weighted by Gasteiger charge is 2.39. The second-order valence-electron chi connectivity index (χ2n) is 6.54. The summed E-state index contributed by atoms with van der Waals surface area (Å²) in [5.41, 5.74) is 5.91. The van der Waals surface area contributed by atoms with Gasteiger partial charge in [-0.2, -0.15) is 0 Å². The van der Waals surface area contributed by atoms with Crippen LogP contribution in [0.1, 0.15) is 40.6 Å². The molecule has 112 valence electrons. The van der Waals surface area contributed by atoms with Crippen LogP contribution in [0.3, 0.4) is 0 Å². The van der Waals surface area contributed by atoms with Crippen LogP contribution in [-0.2, 0) is 0 Å². The molecule has 1 nitrogen and oxygen atoms in total. The first kappa shape index (κ1) is 13.6. The predicted molar refractivity (Wildman–Crippen MR) is 88.7 cm³/mol. The molecule has 3 atom stereocenters. The van der Waals surface area contributed by atoms with Gasteiger partial charge in [-0.05, 0) is 55.0 Å². The maximum Gasteiger partial charge on any atom is 0.128 e. The van der Waals surface area contributed by atoms with Gasteiger partial charge < -0.3 is 5.32 Å². The molecule has 0 aromatic heterocycles. The zero-order valence-electron chi connectivity index (χ0n) is 12.9. The fourth-order valence-corrected chi connectivity index (χ4v) is 4.18. The Kier molecular flexibility index (Phi) is 3.07. The molecule has 0 bridgehead atoms. The quantitative estimate of drug-likeness (QED) is 0.706. The van der Waals surface area contributed by atoms with Crippen LogP contribution in [0, 0.1) is 25.6 Å². The minimum Gasteiger partial charge on any atom is -0.378 e. The van der Waals surface area contributed by atoms with E-state index in [1.165, 1.54) is 22.4 Å². The maximum absolute atomic E-state index is 14.3. The van der Waals surface area contributed by atoms with Crippen molar-refractivity contribution in [2.45, 2.75) is 32.2 Å². The van der Waals surface area contributed by atoms with E-state index in [0.29, 0.717) is 11.8 Å². The highest BCUT2D eigenvalue weighted by molar-refractivity contribution is 5.63. The number of benzene rings is 2. The standard InChI is InChI=1S/C20H20FN/c1-12-10-13(2)19-14-7-5-8-15(14)20(22-18(19)11-12)16-6-3-4-9-17(16)21/h3-7,9-11,14-15,20,22H,8H2,1-2H3/t14-,15-,20+/m1/s1. The Labute approximate surface area is 130 Å². The molecular weight excluding hydrogens is 273 g/mol. The average molecular weight is 293 g/mol. The Bertz CT molecular complexity index is 762. The van der Waals surface area contributed by atoms with Gasteiger partial charge in [0.05, 0.1) is 6.04 Å². The van der Waals surface area contributed by atoms with Gasteiger partial charge in [-0.3, -0.25) is 0 Å². The molecule has 0 saturated carbocycles. The number of hydrogen-bond donors (Lipinski definition) is 1. The van der Waals surface area contributed by atoms with E-state index < -0.39 is 0 Å². The molecule has 2 heteroatoms. The molecule has 0 fully saturated rings. The van der Waals surface area contributed by atoms with E-state index in [-0.39, 0.29) is 11.9 Å². The van der Waals surface area contributed by atoms with Crippen LogP contribution >= 0.6 is 0 Å². The molecule has 1 aliphatic carbocycles. The van der Waals surface area contributed by atoms with Gasteiger partial charge in [0.15, 0.2) is 0 Å². The number of fused-ring (bicyclic) bond motifs is 3. The van der Waals surface area contributed by atoms with E-state index in [1.54, 1.807) is 12.1 Å². The molecule has 1 aliphatic heterocycles. The van der Waals surface area contributed by atoms with Crippen molar-refractivity contribution in [3.8, 4) is 0 Å². The van der Waals surface area contributed by atoms with Crippen molar-refractivity contribution in [3.05, 3.63) is 76.6 Å². The molecule has 0 amide bonds. The zero-order chi connectivity index (χ0) is 15.3. The normalized spacial score (nSPS) is 25.5. The first-order chi connectivity index (χ1) is 10.6. The van der Waals surface area contributed by atoms with Gasteiger partial charge in [-0.1, -0.05) is 36.4 Å². The second kappa shape index (κ2) is 4.98. The largest absolute Gasteiger partial charge is 0.378 e. The first-order valence-electron chi connectivity index (χ1n) is 7.94. The van der Waals surface area contributed by atoms with Crippen molar-refractivity contribution in [2.24, 2.45) is 5.92 Å². The molecule has 0 radical (unpaired) electrons. The van der Waals surface area contributed by atoms with Crippen molar-refractivity contribution < 1.29 is 4.39 Å². The Morgan fingerprint density at radius 3 is 2.77 bits per heavy atom. The maximum atomic E-state index is 14.3. The number of hydrogen-bond acceptors (Lipinski definition) is 1. The van der Waals surface area contributed by atoms with E-state index in [2.05, 4.69) is 43.4 Å². The fraction of sp³-hybridized carbons (Fsp3) is 0.300. The lowest BCUT2D eigenvalue weighted by atomic mass is 9.75. The number of halogens is 1. The van der Waals surface area contributed by atoms with E-state index in [4.69, 9.17) is 0 Å². The van der Waals surface area contributed by atoms with Crippen LogP contribution in [0.15, 0.2) is 48.6 Å². The van der Waals surface area contributed by atoms with Gasteiger partial charge in [-0.25, -0.2) is 4.39 Å². The molecule has 0 unspecified atom stereocenters. The van der Waals surface area contributed by atoms with Crippen LogP contribution in [-0.4, -0.2) is 0 Å². The molecule has 1 N–H and O–H groups in total. The molecule has 2 aromatic rings. The third-order valence-corrected chi connectivity index (χ3v) is 5.06. The second-order valence-corrected chi connectivity index (χ2v) is 6.54. The van der Waals surface area contributed by atoms with E-state index >= 15 is 0 Å². The monoisotopic (exact) mass is 293 g/mol. The van der Waals surface area contributed by atoms with Crippen LogP contribution in [0.4, 0.5) is 10.1 Å². The van der Waals surface area contributed by atoms with Gasteiger partial charge in [0, 0.05) is 17.2 Å². The fourth-order valence-electron chi connectivity index (χ4n) is 4.18. The van der Waals surface area contributed by atoms with E-state index in [1.807, 2.05) is 12.1 Å². The summed E-state index contributed by atoms with van der Waals surface area (Å²) in [6.45, 7) is 4.30. The summed E-state index contributed by atoms with van der Waals surface area (Å²) in [4.78, 5) is 0. The molecule has 2 aliphatic rings. The minimum absolute atomic E-state index is 0.0369. The Morgan fingerprint density at radius 1 is 1.14 bits per heavy atom. The van der Waals surface area contributed by atoms with E-state index in [0.717, 1.165) is 12.0 Å². The zero-order valence-corrected chi connectivity index (χ0v) is 12.9. The van der Waals surface area contributed by atoms with Crippen molar-refractivity contribution in [1.29, 1.82) is 0 Å². The van der Waals surface area contributed by atoms with Crippen LogP contribution in [0.2, 0.25) is 0 Å². The first-order valence-corrected chi connectivity index (χ1v) is 7.94. The summed E-state index contributed by atoms with van der Waals surface area (Å²) in [7, 11) is 0. The predicted octanol–water partition coefficient (Wildman–Crippen LogP) is 5.27. The summed E-state index contributed by atoms with van der Waals surface area (Å²) in [6, 6.07) is 11.6. The molecular formula is C20H20FN. The third-order valence-electron chi connectivity index (χ3n) is 5.06. The van der Waals surface area contributed by atoms with Crippen molar-refractivity contribution >= 4 is 5.69 Å². The summed E-state index contributed by atoms with van der Waals surface area (Å²) in [6.07, 6.45) is 5.56. The molecule has 2 aromatic carbocycles. The summed E-state index contributed by atoms with van der Waals surface area (Å²) in [5.74, 6) is 0.672. The van der Waals surface area contributed by atoms with Crippen molar-refractivity contribution in [1.82, 2.24) is 0 Å². The van der Waals surface area contributed by atoms with Gasteiger partial charge in [0.2, 0.25) is 0 Å². The SMILES string of the molecule is Cc1cc(C)c2c(c1)N[C@H](c1ccccc1F)[C@@H]1CC=C[C@@H]21. The molecule has 22 heavy (non-hydrogen) atoms. The van der Waals surface area contributed by atoms with Gasteiger partial charge in [0.1, 0.15) is 5.82 Å². The van der Waals surface area contributed by atoms with Gasteiger partial charge in [0.25, 0.3) is 0 Å². The lowest BCUT2D eigenvalue weighted by molar-refractivity contribution is 0.412. The highest BCUT2D eigenvalue weighted by atomic mass is 19.1. The molecule has 1 heterocycles. The van der Waals surface area contributed by atoms with Crippen LogP contribution in [0.25, 0.3) is 0 Å². The smallest absolute Gasteiger partial charge is 0.128 e. The summed E-state index contributed by atoms with van der Waals surface area (Å²) < 4.78 is 14.3. The topological polar surface area (TPSA) is 12.0 Å². The number of nitrogens with one attached hydrogen (secondary N) is 1. The van der Waals surface area contributed by atoms with Crippen LogP contribution < -0.4 is 5.32 Å². The van der Waals surface area contributed by atoms with Gasteiger partial charge >= 0.3 is 0 Å². The number of allylic oxidation sites excluding steroid dienone is 2. The Balaban J connectivity index is 1.86. The van der Waals surface area contributed by atoms with E-state index in [9.17, 15) is 4.39 Å². The number of rotatable bonds is 1. The summed E-state index contributed by atoms with van der Waals surface area (Å²) in [5, 5.41) is 3.63. The summed E-state index contributed by atoms with van der Waals surface area (Å²) >= 11 is 0.